The number of carbonyl (C=O) groups is 1. The molecule has 0 spiro atoms. The molecule has 0 aromatic heterocycles. The Bertz CT molecular complexity index is 925. The molecular formula is C24H23NO2S. The van der Waals surface area contributed by atoms with Gasteiger partial charge < -0.3 is 9.64 Å². The molecule has 0 saturated carbocycles. The van der Waals surface area contributed by atoms with Crippen LogP contribution >= 0.6 is 11.8 Å². The molecule has 142 valence electrons. The van der Waals surface area contributed by atoms with Crippen molar-refractivity contribution < 1.29 is 9.53 Å². The standard InChI is InChI=1S/C24H23NO2S/c26-24(25-16-6-8-19-7-4-5-11-23(19)25)20-12-14-21(15-13-20)27-17-18-28-22-9-2-1-3-10-22/h1-5,7,9-15H,6,8,16-18H2. The van der Waals surface area contributed by atoms with Crippen molar-refractivity contribution in [3.05, 3.63) is 90.0 Å². The fourth-order valence-corrected chi connectivity index (χ4v) is 4.18. The summed E-state index contributed by atoms with van der Waals surface area (Å²) < 4.78 is 5.82. The summed E-state index contributed by atoms with van der Waals surface area (Å²) in [5, 5.41) is 0. The van der Waals surface area contributed by atoms with Gasteiger partial charge in [-0.25, -0.2) is 0 Å². The first kappa shape index (κ1) is 18.6. The van der Waals surface area contributed by atoms with E-state index in [1.807, 2.05) is 65.6 Å². The molecule has 3 aromatic rings. The third-order valence-corrected chi connectivity index (χ3v) is 5.80. The van der Waals surface area contributed by atoms with E-state index < -0.39 is 0 Å². The highest BCUT2D eigenvalue weighted by Crippen LogP contribution is 2.28. The number of fused-ring (bicyclic) bond motifs is 1. The summed E-state index contributed by atoms with van der Waals surface area (Å²) in [7, 11) is 0. The normalized spacial score (nSPS) is 13.1. The molecule has 1 amide bonds. The second-order valence-corrected chi connectivity index (χ2v) is 7.89. The van der Waals surface area contributed by atoms with E-state index in [0.717, 1.165) is 36.6 Å². The molecular weight excluding hydrogens is 366 g/mol. The molecule has 1 aliphatic rings. The van der Waals surface area contributed by atoms with Gasteiger partial charge in [0.05, 0.1) is 6.61 Å². The van der Waals surface area contributed by atoms with Gasteiger partial charge in [0, 0.05) is 28.4 Å². The van der Waals surface area contributed by atoms with Crippen molar-refractivity contribution in [1.29, 1.82) is 0 Å². The smallest absolute Gasteiger partial charge is 0.258 e. The van der Waals surface area contributed by atoms with E-state index in [4.69, 9.17) is 4.74 Å². The van der Waals surface area contributed by atoms with Crippen LogP contribution in [0.2, 0.25) is 0 Å². The second-order valence-electron chi connectivity index (χ2n) is 6.72. The molecule has 3 aromatic carbocycles. The summed E-state index contributed by atoms with van der Waals surface area (Å²) >= 11 is 1.77. The first-order valence-corrected chi connectivity index (χ1v) is 10.6. The van der Waals surface area contributed by atoms with Crippen molar-refractivity contribution in [3.8, 4) is 5.75 Å². The Morgan fingerprint density at radius 3 is 2.50 bits per heavy atom. The minimum atomic E-state index is 0.0540. The summed E-state index contributed by atoms with van der Waals surface area (Å²) in [5.74, 6) is 1.73. The maximum absolute atomic E-state index is 13.0. The van der Waals surface area contributed by atoms with Crippen LogP contribution in [0, 0.1) is 0 Å². The Balaban J connectivity index is 1.34. The van der Waals surface area contributed by atoms with Crippen molar-refractivity contribution in [1.82, 2.24) is 0 Å². The fourth-order valence-electron chi connectivity index (χ4n) is 3.43. The van der Waals surface area contributed by atoms with E-state index in [2.05, 4.69) is 18.2 Å². The Kier molecular flexibility index (Phi) is 5.98. The van der Waals surface area contributed by atoms with Gasteiger partial charge in [-0.15, -0.1) is 11.8 Å². The number of carbonyl (C=O) groups excluding carboxylic acids is 1. The van der Waals surface area contributed by atoms with Crippen LogP contribution in [0.25, 0.3) is 0 Å². The second kappa shape index (κ2) is 8.98. The van der Waals surface area contributed by atoms with Gasteiger partial charge in [-0.1, -0.05) is 36.4 Å². The van der Waals surface area contributed by atoms with Crippen LogP contribution in [0.1, 0.15) is 22.3 Å². The minimum Gasteiger partial charge on any atom is -0.493 e. The van der Waals surface area contributed by atoms with Crippen molar-refractivity contribution >= 4 is 23.4 Å². The van der Waals surface area contributed by atoms with E-state index in [-0.39, 0.29) is 5.91 Å². The number of amides is 1. The molecule has 0 bridgehead atoms. The summed E-state index contributed by atoms with van der Waals surface area (Å²) in [4.78, 5) is 16.1. The van der Waals surface area contributed by atoms with E-state index in [1.54, 1.807) is 11.8 Å². The van der Waals surface area contributed by atoms with Gasteiger partial charge in [-0.2, -0.15) is 0 Å². The molecule has 0 fully saturated rings. The zero-order chi connectivity index (χ0) is 19.2. The summed E-state index contributed by atoms with van der Waals surface area (Å²) in [6, 6.07) is 26.0. The highest BCUT2D eigenvalue weighted by Gasteiger charge is 2.23. The lowest BCUT2D eigenvalue weighted by Gasteiger charge is -2.29. The fraction of sp³-hybridized carbons (Fsp3) is 0.208. The van der Waals surface area contributed by atoms with Gasteiger partial charge >= 0.3 is 0 Å². The molecule has 3 nitrogen and oxygen atoms in total. The molecule has 1 heterocycles. The number of nitrogens with zero attached hydrogens (tertiary/aromatic N) is 1. The predicted octanol–water partition coefficient (Wildman–Crippen LogP) is 5.45. The van der Waals surface area contributed by atoms with Gasteiger partial charge in [0.15, 0.2) is 0 Å². The third kappa shape index (κ3) is 4.39. The maximum Gasteiger partial charge on any atom is 0.258 e. The monoisotopic (exact) mass is 389 g/mol. The van der Waals surface area contributed by atoms with E-state index in [9.17, 15) is 4.79 Å². The number of anilines is 1. The minimum absolute atomic E-state index is 0.0540. The van der Waals surface area contributed by atoms with Crippen LogP contribution in [0.15, 0.2) is 83.8 Å². The number of thioether (sulfide) groups is 1. The number of hydrogen-bond donors (Lipinski definition) is 0. The lowest BCUT2D eigenvalue weighted by molar-refractivity contribution is 0.0985. The number of ether oxygens (including phenoxy) is 1. The zero-order valence-corrected chi connectivity index (χ0v) is 16.5. The number of benzene rings is 3. The SMILES string of the molecule is O=C(c1ccc(OCCSc2ccccc2)cc1)N1CCCc2ccccc21. The largest absolute Gasteiger partial charge is 0.493 e. The Morgan fingerprint density at radius 2 is 1.68 bits per heavy atom. The summed E-state index contributed by atoms with van der Waals surface area (Å²) in [6.07, 6.45) is 2.04. The average molecular weight is 390 g/mol. The van der Waals surface area contributed by atoms with E-state index in [0.29, 0.717) is 12.2 Å². The topological polar surface area (TPSA) is 29.5 Å². The molecule has 0 radical (unpaired) electrons. The summed E-state index contributed by atoms with van der Waals surface area (Å²) in [5.41, 5.74) is 2.98. The van der Waals surface area contributed by atoms with Crippen LogP contribution in [0.3, 0.4) is 0 Å². The predicted molar refractivity (Wildman–Crippen MR) is 116 cm³/mol. The molecule has 0 aliphatic carbocycles. The lowest BCUT2D eigenvalue weighted by atomic mass is 10.0. The Labute approximate surface area is 170 Å². The molecule has 4 rings (SSSR count). The van der Waals surface area contributed by atoms with Gasteiger partial charge in [0.1, 0.15) is 5.75 Å². The van der Waals surface area contributed by atoms with Crippen molar-refractivity contribution in [3.63, 3.8) is 0 Å². The molecule has 4 heteroatoms. The van der Waals surface area contributed by atoms with Gasteiger partial charge in [-0.3, -0.25) is 4.79 Å². The Hall–Kier alpha value is -2.72. The molecule has 28 heavy (non-hydrogen) atoms. The molecule has 0 N–H and O–H groups in total. The molecule has 1 aliphatic heterocycles. The van der Waals surface area contributed by atoms with Gasteiger partial charge in [0.25, 0.3) is 5.91 Å². The van der Waals surface area contributed by atoms with E-state index in [1.165, 1.54) is 10.5 Å². The zero-order valence-electron chi connectivity index (χ0n) is 15.7. The number of aryl methyl sites for hydroxylation is 1. The van der Waals surface area contributed by atoms with Crippen LogP contribution in [0.5, 0.6) is 5.75 Å². The highest BCUT2D eigenvalue weighted by atomic mass is 32.2. The van der Waals surface area contributed by atoms with Gasteiger partial charge in [0.2, 0.25) is 0 Å². The van der Waals surface area contributed by atoms with Crippen LogP contribution < -0.4 is 9.64 Å². The van der Waals surface area contributed by atoms with Crippen LogP contribution in [-0.4, -0.2) is 24.8 Å². The number of para-hydroxylation sites is 1. The molecule has 0 saturated heterocycles. The summed E-state index contributed by atoms with van der Waals surface area (Å²) in [6.45, 7) is 1.40. The number of hydrogen-bond acceptors (Lipinski definition) is 3. The van der Waals surface area contributed by atoms with Crippen LogP contribution in [0.4, 0.5) is 5.69 Å². The average Bonchev–Trinajstić information content (AvgIpc) is 2.77. The van der Waals surface area contributed by atoms with Crippen molar-refractivity contribution in [2.75, 3.05) is 23.8 Å². The Morgan fingerprint density at radius 1 is 0.929 bits per heavy atom. The number of rotatable bonds is 6. The third-order valence-electron chi connectivity index (χ3n) is 4.82. The lowest BCUT2D eigenvalue weighted by Crippen LogP contribution is -2.35. The van der Waals surface area contributed by atoms with E-state index >= 15 is 0 Å². The van der Waals surface area contributed by atoms with Crippen molar-refractivity contribution in [2.45, 2.75) is 17.7 Å². The van der Waals surface area contributed by atoms with Crippen LogP contribution in [-0.2, 0) is 6.42 Å². The quantitative estimate of drug-likeness (QED) is 0.415. The maximum atomic E-state index is 13.0. The first-order chi connectivity index (χ1) is 13.8. The highest BCUT2D eigenvalue weighted by molar-refractivity contribution is 7.99. The molecule has 0 unspecified atom stereocenters. The molecule has 0 atom stereocenters. The van der Waals surface area contributed by atoms with Crippen molar-refractivity contribution in [2.24, 2.45) is 0 Å². The first-order valence-electron chi connectivity index (χ1n) is 9.62. The van der Waals surface area contributed by atoms with Gasteiger partial charge in [-0.05, 0) is 60.9 Å².